The second-order valence-electron chi connectivity index (χ2n) is 4.79. The van der Waals surface area contributed by atoms with Gasteiger partial charge in [-0.15, -0.1) is 0 Å². The average molecular weight is 337 g/mol. The van der Waals surface area contributed by atoms with E-state index >= 15 is 0 Å². The van der Waals surface area contributed by atoms with Crippen LogP contribution in [0.25, 0.3) is 0 Å². The molecule has 0 bridgehead atoms. The molecule has 0 amide bonds. The monoisotopic (exact) mass is 336 g/mol. The highest BCUT2D eigenvalue weighted by Crippen LogP contribution is 2.22. The number of hydrogen-bond donors (Lipinski definition) is 1. The second kappa shape index (κ2) is 6.86. The smallest absolute Gasteiger partial charge is 0.123 e. The Kier molecular flexibility index (Phi) is 5.15. The van der Waals surface area contributed by atoms with Gasteiger partial charge >= 0.3 is 0 Å². The van der Waals surface area contributed by atoms with Gasteiger partial charge in [-0.3, -0.25) is 0 Å². The van der Waals surface area contributed by atoms with Crippen molar-refractivity contribution in [1.82, 2.24) is 5.32 Å². The highest BCUT2D eigenvalue weighted by molar-refractivity contribution is 9.10. The van der Waals surface area contributed by atoms with E-state index in [4.69, 9.17) is 0 Å². The molecule has 0 saturated heterocycles. The van der Waals surface area contributed by atoms with Gasteiger partial charge in [0.2, 0.25) is 0 Å². The minimum atomic E-state index is -0.209. The molecule has 0 aliphatic heterocycles. The fourth-order valence-electron chi connectivity index (χ4n) is 2.08. The quantitative estimate of drug-likeness (QED) is 0.889. The van der Waals surface area contributed by atoms with E-state index in [2.05, 4.69) is 44.3 Å². The first kappa shape index (κ1) is 15.0. The molecule has 0 heterocycles. The molecule has 2 rings (SSSR count). The normalized spacial score (nSPS) is 10.6. The molecule has 0 aromatic heterocycles. The summed E-state index contributed by atoms with van der Waals surface area (Å²) in [4.78, 5) is 2.09. The van der Waals surface area contributed by atoms with Crippen LogP contribution in [-0.4, -0.2) is 14.1 Å². The van der Waals surface area contributed by atoms with Crippen molar-refractivity contribution in [2.24, 2.45) is 0 Å². The number of nitrogens with one attached hydrogen (secondary N) is 1. The van der Waals surface area contributed by atoms with Crippen LogP contribution in [0.1, 0.15) is 11.1 Å². The molecule has 4 heteroatoms. The summed E-state index contributed by atoms with van der Waals surface area (Å²) in [7, 11) is 3.94. The standard InChI is InChI=1S/C16H18BrFN2/c1-19-10-12-3-4-13(16(17)9-12)11-20(2)15-7-5-14(18)6-8-15/h3-9,19H,10-11H2,1-2H3. The number of rotatable bonds is 5. The SMILES string of the molecule is CNCc1ccc(CN(C)c2ccc(F)cc2)c(Br)c1. The van der Waals surface area contributed by atoms with Gasteiger partial charge in [0.1, 0.15) is 5.82 Å². The van der Waals surface area contributed by atoms with E-state index in [0.29, 0.717) is 0 Å². The van der Waals surface area contributed by atoms with Crippen molar-refractivity contribution in [2.75, 3.05) is 19.0 Å². The zero-order chi connectivity index (χ0) is 14.5. The number of hydrogen-bond acceptors (Lipinski definition) is 2. The van der Waals surface area contributed by atoms with Gasteiger partial charge in [-0.25, -0.2) is 4.39 Å². The summed E-state index contributed by atoms with van der Waals surface area (Å²) in [6.45, 7) is 1.62. The second-order valence-corrected chi connectivity index (χ2v) is 5.64. The summed E-state index contributed by atoms with van der Waals surface area (Å²) >= 11 is 3.62. The third-order valence-electron chi connectivity index (χ3n) is 3.17. The maximum absolute atomic E-state index is 12.9. The summed E-state index contributed by atoms with van der Waals surface area (Å²) in [5, 5.41) is 3.14. The van der Waals surface area contributed by atoms with Crippen molar-refractivity contribution in [1.29, 1.82) is 0 Å². The molecule has 2 aromatic rings. The maximum Gasteiger partial charge on any atom is 0.123 e. The predicted octanol–water partition coefficient (Wildman–Crippen LogP) is 3.94. The molecule has 0 saturated carbocycles. The van der Waals surface area contributed by atoms with E-state index in [9.17, 15) is 4.39 Å². The van der Waals surface area contributed by atoms with Gasteiger partial charge in [-0.05, 0) is 48.5 Å². The minimum absolute atomic E-state index is 0.209. The molecule has 0 atom stereocenters. The Morgan fingerprint density at radius 1 is 1.15 bits per heavy atom. The van der Waals surface area contributed by atoms with Crippen molar-refractivity contribution >= 4 is 21.6 Å². The molecule has 1 N–H and O–H groups in total. The fraction of sp³-hybridized carbons (Fsp3) is 0.250. The largest absolute Gasteiger partial charge is 0.370 e. The van der Waals surface area contributed by atoms with Crippen LogP contribution in [0.3, 0.4) is 0 Å². The third kappa shape index (κ3) is 3.81. The highest BCUT2D eigenvalue weighted by Gasteiger charge is 2.06. The first-order valence-electron chi connectivity index (χ1n) is 6.49. The summed E-state index contributed by atoms with van der Waals surface area (Å²) in [5.74, 6) is -0.209. The lowest BCUT2D eigenvalue weighted by Gasteiger charge is -2.20. The number of halogens is 2. The van der Waals surface area contributed by atoms with E-state index in [0.717, 1.165) is 23.2 Å². The van der Waals surface area contributed by atoms with Gasteiger partial charge in [0.15, 0.2) is 0 Å². The number of nitrogens with zero attached hydrogens (tertiary/aromatic N) is 1. The van der Waals surface area contributed by atoms with E-state index in [-0.39, 0.29) is 5.82 Å². The van der Waals surface area contributed by atoms with E-state index < -0.39 is 0 Å². The number of anilines is 1. The Balaban J connectivity index is 2.11. The summed E-state index contributed by atoms with van der Waals surface area (Å²) < 4.78 is 14.0. The summed E-state index contributed by atoms with van der Waals surface area (Å²) in [6.07, 6.45) is 0. The fourth-order valence-corrected chi connectivity index (χ4v) is 2.63. The molecule has 20 heavy (non-hydrogen) atoms. The van der Waals surface area contributed by atoms with Crippen LogP contribution in [0.2, 0.25) is 0 Å². The van der Waals surface area contributed by atoms with Crippen LogP contribution < -0.4 is 10.2 Å². The van der Waals surface area contributed by atoms with Gasteiger partial charge in [0.25, 0.3) is 0 Å². The van der Waals surface area contributed by atoms with Crippen LogP contribution in [0.4, 0.5) is 10.1 Å². The first-order valence-corrected chi connectivity index (χ1v) is 7.28. The molecule has 0 aliphatic carbocycles. The maximum atomic E-state index is 12.9. The third-order valence-corrected chi connectivity index (χ3v) is 3.91. The zero-order valence-corrected chi connectivity index (χ0v) is 13.2. The zero-order valence-electron chi connectivity index (χ0n) is 11.7. The molecule has 106 valence electrons. The average Bonchev–Trinajstić information content (AvgIpc) is 2.43. The molecule has 0 unspecified atom stereocenters. The first-order chi connectivity index (χ1) is 9.60. The Bertz CT molecular complexity index is 569. The van der Waals surface area contributed by atoms with Crippen molar-refractivity contribution < 1.29 is 4.39 Å². The van der Waals surface area contributed by atoms with Gasteiger partial charge in [-0.1, -0.05) is 28.1 Å². The van der Waals surface area contributed by atoms with Gasteiger partial charge in [0, 0.05) is 30.3 Å². The van der Waals surface area contributed by atoms with Crippen LogP contribution in [0.15, 0.2) is 46.9 Å². The molecule has 0 aliphatic rings. The molecule has 0 radical (unpaired) electrons. The molecule has 2 aromatic carbocycles. The lowest BCUT2D eigenvalue weighted by Crippen LogP contribution is -2.16. The van der Waals surface area contributed by atoms with Crippen LogP contribution in [-0.2, 0) is 13.1 Å². The van der Waals surface area contributed by atoms with Crippen molar-refractivity contribution in [3.05, 3.63) is 63.9 Å². The van der Waals surface area contributed by atoms with Crippen molar-refractivity contribution in [3.8, 4) is 0 Å². The molecule has 2 nitrogen and oxygen atoms in total. The summed E-state index contributed by atoms with van der Waals surface area (Å²) in [5.41, 5.74) is 3.45. The van der Waals surface area contributed by atoms with E-state index in [1.807, 2.05) is 14.1 Å². The topological polar surface area (TPSA) is 15.3 Å². The molecular weight excluding hydrogens is 319 g/mol. The van der Waals surface area contributed by atoms with Gasteiger partial charge in [0.05, 0.1) is 0 Å². The Labute approximate surface area is 127 Å². The Morgan fingerprint density at radius 2 is 1.85 bits per heavy atom. The van der Waals surface area contributed by atoms with Crippen LogP contribution >= 0.6 is 15.9 Å². The predicted molar refractivity (Wildman–Crippen MR) is 85.4 cm³/mol. The highest BCUT2D eigenvalue weighted by atomic mass is 79.9. The molecule has 0 fully saturated rings. The summed E-state index contributed by atoms with van der Waals surface area (Å²) in [6, 6.07) is 12.9. The molecular formula is C16H18BrFN2. The van der Waals surface area contributed by atoms with Crippen LogP contribution in [0.5, 0.6) is 0 Å². The lowest BCUT2D eigenvalue weighted by atomic mass is 10.1. The lowest BCUT2D eigenvalue weighted by molar-refractivity contribution is 0.627. The van der Waals surface area contributed by atoms with E-state index in [1.165, 1.54) is 23.3 Å². The minimum Gasteiger partial charge on any atom is -0.370 e. The van der Waals surface area contributed by atoms with Crippen molar-refractivity contribution in [3.63, 3.8) is 0 Å². The van der Waals surface area contributed by atoms with E-state index in [1.54, 1.807) is 12.1 Å². The van der Waals surface area contributed by atoms with Crippen LogP contribution in [0, 0.1) is 5.82 Å². The molecule has 0 spiro atoms. The van der Waals surface area contributed by atoms with Gasteiger partial charge < -0.3 is 10.2 Å². The Morgan fingerprint density at radius 3 is 2.45 bits per heavy atom. The van der Waals surface area contributed by atoms with Gasteiger partial charge in [-0.2, -0.15) is 0 Å². The number of benzene rings is 2. The van der Waals surface area contributed by atoms with Crippen molar-refractivity contribution in [2.45, 2.75) is 13.1 Å². The Hall–Kier alpha value is -1.39.